The monoisotopic (exact) mass is 357 g/mol. The minimum atomic E-state index is -0.478. The van der Waals surface area contributed by atoms with E-state index in [1.807, 2.05) is 18.4 Å². The van der Waals surface area contributed by atoms with Gasteiger partial charge in [-0.15, -0.1) is 21.5 Å². The molecule has 3 aromatic heterocycles. The highest BCUT2D eigenvalue weighted by Gasteiger charge is 2.17. The first-order valence-electron chi connectivity index (χ1n) is 7.34. The van der Waals surface area contributed by atoms with Gasteiger partial charge in [0, 0.05) is 4.88 Å². The van der Waals surface area contributed by atoms with E-state index in [0.717, 1.165) is 10.4 Å². The van der Waals surface area contributed by atoms with Gasteiger partial charge in [-0.25, -0.2) is 5.43 Å². The number of rotatable bonds is 4. The van der Waals surface area contributed by atoms with Crippen LogP contribution in [0, 0.1) is 20.8 Å². The summed E-state index contributed by atoms with van der Waals surface area (Å²) in [5.41, 5.74) is 4.14. The zero-order valence-electron chi connectivity index (χ0n) is 13.8. The Bertz CT molecular complexity index is 1020. The number of nitrogens with one attached hydrogen (secondary N) is 2. The number of carbonyl (C=O) groups is 1. The Labute approximate surface area is 146 Å². The van der Waals surface area contributed by atoms with E-state index >= 15 is 0 Å². The molecule has 0 unspecified atom stereocenters. The van der Waals surface area contributed by atoms with Crippen molar-refractivity contribution in [3.05, 3.63) is 55.4 Å². The van der Waals surface area contributed by atoms with E-state index in [1.165, 1.54) is 16.0 Å². The summed E-state index contributed by atoms with van der Waals surface area (Å²) < 4.78 is 1.23. The predicted molar refractivity (Wildman–Crippen MR) is 93.4 cm³/mol. The highest BCUT2D eigenvalue weighted by Crippen LogP contribution is 2.12. The van der Waals surface area contributed by atoms with Crippen molar-refractivity contribution in [3.63, 3.8) is 0 Å². The fourth-order valence-electron chi connectivity index (χ4n) is 2.03. The molecule has 0 aliphatic carbocycles. The summed E-state index contributed by atoms with van der Waals surface area (Å²) in [6.07, 6.45) is 1.58. The van der Waals surface area contributed by atoms with Gasteiger partial charge in [0.05, 0.1) is 11.9 Å². The molecule has 10 heteroatoms. The summed E-state index contributed by atoms with van der Waals surface area (Å²) in [7, 11) is 0. The summed E-state index contributed by atoms with van der Waals surface area (Å²) >= 11 is 1.53. The molecule has 0 aliphatic rings. The van der Waals surface area contributed by atoms with E-state index < -0.39 is 11.5 Å². The van der Waals surface area contributed by atoms with Crippen molar-refractivity contribution in [1.29, 1.82) is 0 Å². The van der Waals surface area contributed by atoms with E-state index in [-0.39, 0.29) is 17.3 Å². The lowest BCUT2D eigenvalue weighted by Crippen LogP contribution is -2.24. The van der Waals surface area contributed by atoms with E-state index in [0.29, 0.717) is 5.69 Å². The highest BCUT2D eigenvalue weighted by molar-refractivity contribution is 7.11. The quantitative estimate of drug-likeness (QED) is 0.535. The molecule has 1 amide bonds. The van der Waals surface area contributed by atoms with Crippen molar-refractivity contribution in [2.24, 2.45) is 5.10 Å². The van der Waals surface area contributed by atoms with Crippen molar-refractivity contribution in [1.82, 2.24) is 30.4 Å². The zero-order valence-corrected chi connectivity index (χ0v) is 14.6. The number of aryl methyl sites for hydroxylation is 3. The number of H-pyrrole nitrogens is 1. The topological polar surface area (TPSA) is 118 Å². The number of aromatic amines is 1. The summed E-state index contributed by atoms with van der Waals surface area (Å²) in [4.78, 5) is 27.6. The van der Waals surface area contributed by atoms with Gasteiger partial charge in [0.2, 0.25) is 0 Å². The van der Waals surface area contributed by atoms with Crippen molar-refractivity contribution in [2.75, 3.05) is 0 Å². The van der Waals surface area contributed by atoms with Crippen LogP contribution in [-0.2, 0) is 0 Å². The number of hydrazone groups is 1. The maximum Gasteiger partial charge on any atom is 0.290 e. The SMILES string of the molecule is Cc1cc(C(=O)N/N=C\c2sccc2C)n(-c2nnc(C)c(=O)[nH]2)n1. The second kappa shape index (κ2) is 6.77. The Morgan fingerprint density at radius 3 is 2.84 bits per heavy atom. The molecule has 0 aromatic carbocycles. The third kappa shape index (κ3) is 3.53. The lowest BCUT2D eigenvalue weighted by Gasteiger charge is -2.04. The fraction of sp³-hybridized carbons (Fsp3) is 0.200. The number of nitrogens with zero attached hydrogens (tertiary/aromatic N) is 5. The molecule has 3 aromatic rings. The van der Waals surface area contributed by atoms with E-state index in [9.17, 15) is 9.59 Å². The Hall–Kier alpha value is -3.14. The van der Waals surface area contributed by atoms with Gasteiger partial charge >= 0.3 is 0 Å². The molecule has 0 aliphatic heterocycles. The Morgan fingerprint density at radius 1 is 1.36 bits per heavy atom. The maximum atomic E-state index is 12.4. The minimum Gasteiger partial charge on any atom is -0.288 e. The van der Waals surface area contributed by atoms with Gasteiger partial charge in [0.1, 0.15) is 11.4 Å². The van der Waals surface area contributed by atoms with E-state index in [4.69, 9.17) is 0 Å². The third-order valence-corrected chi connectivity index (χ3v) is 4.32. The minimum absolute atomic E-state index is 0.0620. The number of aromatic nitrogens is 5. The number of hydrogen-bond acceptors (Lipinski definition) is 7. The smallest absolute Gasteiger partial charge is 0.288 e. The van der Waals surface area contributed by atoms with Crippen LogP contribution in [0.3, 0.4) is 0 Å². The number of amides is 1. The average Bonchev–Trinajstić information content (AvgIpc) is 3.16. The van der Waals surface area contributed by atoms with Crippen molar-refractivity contribution in [3.8, 4) is 5.95 Å². The van der Waals surface area contributed by atoms with Crippen LogP contribution in [0.15, 0.2) is 27.4 Å². The molecule has 3 rings (SSSR count). The summed E-state index contributed by atoms with van der Waals surface area (Å²) in [5.74, 6) is -0.416. The van der Waals surface area contributed by atoms with E-state index in [1.54, 1.807) is 26.1 Å². The molecule has 0 saturated heterocycles. The summed E-state index contributed by atoms with van der Waals surface area (Å²) in [5, 5.41) is 17.7. The lowest BCUT2D eigenvalue weighted by molar-refractivity contribution is 0.0947. The normalized spacial score (nSPS) is 11.2. The fourth-order valence-corrected chi connectivity index (χ4v) is 2.81. The highest BCUT2D eigenvalue weighted by atomic mass is 32.1. The first-order valence-corrected chi connectivity index (χ1v) is 8.22. The molecule has 0 atom stereocenters. The summed E-state index contributed by atoms with van der Waals surface area (Å²) in [6, 6.07) is 3.54. The molecular formula is C15H15N7O2S. The second-order valence-electron chi connectivity index (χ2n) is 5.31. The van der Waals surface area contributed by atoms with Gasteiger partial charge in [-0.3, -0.25) is 14.6 Å². The maximum absolute atomic E-state index is 12.4. The number of carbonyl (C=O) groups excluding carboxylic acids is 1. The lowest BCUT2D eigenvalue weighted by atomic mass is 10.3. The largest absolute Gasteiger partial charge is 0.290 e. The number of hydrogen-bond donors (Lipinski definition) is 2. The molecule has 9 nitrogen and oxygen atoms in total. The van der Waals surface area contributed by atoms with Crippen LogP contribution in [-0.4, -0.2) is 37.1 Å². The van der Waals surface area contributed by atoms with Crippen molar-refractivity contribution >= 4 is 23.5 Å². The van der Waals surface area contributed by atoms with E-state index in [2.05, 4.69) is 30.8 Å². The molecular weight excluding hydrogens is 342 g/mol. The van der Waals surface area contributed by atoms with Crippen LogP contribution >= 0.6 is 11.3 Å². The molecule has 2 N–H and O–H groups in total. The Morgan fingerprint density at radius 2 is 2.16 bits per heavy atom. The third-order valence-electron chi connectivity index (χ3n) is 3.36. The molecule has 0 radical (unpaired) electrons. The van der Waals surface area contributed by atoms with Crippen LogP contribution in [0.4, 0.5) is 0 Å². The van der Waals surface area contributed by atoms with Gasteiger partial charge in [0.15, 0.2) is 0 Å². The van der Waals surface area contributed by atoms with Crippen LogP contribution < -0.4 is 11.0 Å². The Balaban J connectivity index is 1.86. The Kier molecular flexibility index (Phi) is 4.52. The molecule has 0 saturated carbocycles. The van der Waals surface area contributed by atoms with Crippen LogP contribution in [0.25, 0.3) is 5.95 Å². The predicted octanol–water partition coefficient (Wildman–Crippen LogP) is 1.10. The van der Waals surface area contributed by atoms with Gasteiger partial charge in [-0.05, 0) is 43.8 Å². The standard InChI is InChI=1S/C15H15N7O2S/c1-8-4-5-25-12(8)7-16-19-14(24)11-6-9(2)21-22(11)15-17-13(23)10(3)18-20-15/h4-7H,1-3H3,(H,19,24)(H,17,20,23)/b16-7-. The molecule has 25 heavy (non-hydrogen) atoms. The molecule has 128 valence electrons. The second-order valence-corrected chi connectivity index (χ2v) is 6.26. The summed E-state index contributed by atoms with van der Waals surface area (Å²) in [6.45, 7) is 5.23. The zero-order chi connectivity index (χ0) is 18.0. The van der Waals surface area contributed by atoms with Gasteiger partial charge in [-0.1, -0.05) is 0 Å². The molecule has 0 bridgehead atoms. The molecule has 0 spiro atoms. The molecule has 0 fully saturated rings. The molecule has 3 heterocycles. The van der Waals surface area contributed by atoms with Crippen LogP contribution in [0.5, 0.6) is 0 Å². The van der Waals surface area contributed by atoms with Gasteiger partial charge in [0.25, 0.3) is 17.4 Å². The average molecular weight is 357 g/mol. The van der Waals surface area contributed by atoms with Crippen LogP contribution in [0.1, 0.15) is 32.3 Å². The van der Waals surface area contributed by atoms with Gasteiger partial charge < -0.3 is 0 Å². The first-order chi connectivity index (χ1) is 12.0. The van der Waals surface area contributed by atoms with Crippen molar-refractivity contribution in [2.45, 2.75) is 20.8 Å². The van der Waals surface area contributed by atoms with Crippen molar-refractivity contribution < 1.29 is 4.79 Å². The van der Waals surface area contributed by atoms with Gasteiger partial charge in [-0.2, -0.15) is 14.9 Å². The number of thiophene rings is 1. The first kappa shape index (κ1) is 16.7. The van der Waals surface area contributed by atoms with Crippen LogP contribution in [0.2, 0.25) is 0 Å².